The molecule has 3 aromatic rings. The molecule has 1 aromatic heterocycles. The minimum atomic E-state index is -6.10. The summed E-state index contributed by atoms with van der Waals surface area (Å²) in [6.07, 6.45) is 0. The van der Waals surface area contributed by atoms with Gasteiger partial charge in [-0.25, -0.2) is 0 Å². The fraction of sp³-hybridized carbons (Fsp3) is 0.0625. The van der Waals surface area contributed by atoms with Gasteiger partial charge in [0.05, 0.1) is 9.86 Å². The molecule has 0 saturated heterocycles. The van der Waals surface area contributed by atoms with Gasteiger partial charge in [-0.15, -0.1) is 0 Å². The Morgan fingerprint density at radius 1 is 1.11 bits per heavy atom. The number of hydrogen-bond donors (Lipinski definition) is 0. The fourth-order valence-electron chi connectivity index (χ4n) is 2.22. The lowest BCUT2D eigenvalue weighted by atomic mass is 10.1. The molecule has 0 amide bonds. The molecule has 0 radical (unpaired) electrons. The second-order valence-corrected chi connectivity index (χ2v) is 8.03. The Bertz CT molecular complexity index is 1190. The van der Waals surface area contributed by atoms with Crippen LogP contribution < -0.4 is 9.61 Å². The lowest BCUT2D eigenvalue weighted by Crippen LogP contribution is -2.30. The molecule has 1 heterocycles. The van der Waals surface area contributed by atoms with E-state index in [1.807, 2.05) is 0 Å². The molecule has 0 saturated carbocycles. The predicted molar refractivity (Wildman–Crippen MR) is 96.2 cm³/mol. The van der Waals surface area contributed by atoms with Crippen molar-refractivity contribution < 1.29 is 30.2 Å². The van der Waals surface area contributed by atoms with E-state index in [-0.39, 0.29) is 26.0 Å². The van der Waals surface area contributed by atoms with Crippen LogP contribution in [0.25, 0.3) is 22.3 Å². The Morgan fingerprint density at radius 2 is 1.74 bits per heavy atom. The van der Waals surface area contributed by atoms with Crippen LogP contribution >= 0.6 is 27.5 Å². The molecule has 11 heteroatoms. The molecule has 0 fully saturated rings. The van der Waals surface area contributed by atoms with Gasteiger partial charge in [0.15, 0.2) is 11.3 Å². The Kier molecular flexibility index (Phi) is 5.00. The second kappa shape index (κ2) is 6.84. The first-order valence-electron chi connectivity index (χ1n) is 7.03. The van der Waals surface area contributed by atoms with E-state index in [0.717, 1.165) is 6.07 Å². The molecule has 5 nitrogen and oxygen atoms in total. The van der Waals surface area contributed by atoms with E-state index in [0.29, 0.717) is 0 Å². The van der Waals surface area contributed by atoms with Crippen LogP contribution in [0, 0.1) is 0 Å². The molecule has 0 N–H and O–H groups in total. The van der Waals surface area contributed by atoms with Crippen LogP contribution in [0.1, 0.15) is 0 Å². The van der Waals surface area contributed by atoms with Gasteiger partial charge in [0.1, 0.15) is 0 Å². The van der Waals surface area contributed by atoms with Crippen molar-refractivity contribution in [2.24, 2.45) is 0 Å². The van der Waals surface area contributed by atoms with Crippen molar-refractivity contribution in [1.29, 1.82) is 0 Å². The average Bonchev–Trinajstić information content (AvgIpc) is 2.57. The first-order valence-corrected chi connectivity index (χ1v) is 9.61. The van der Waals surface area contributed by atoms with Crippen molar-refractivity contribution in [3.05, 3.63) is 62.2 Å². The molecule has 0 bridgehead atoms. The molecule has 0 aliphatic rings. The van der Waals surface area contributed by atoms with Gasteiger partial charge in [-0.2, -0.15) is 21.6 Å². The zero-order valence-electron chi connectivity index (χ0n) is 12.9. The Labute approximate surface area is 163 Å². The number of halogens is 5. The van der Waals surface area contributed by atoms with E-state index < -0.39 is 32.6 Å². The SMILES string of the molecule is O=c1c(OS(=O)(=O)C(F)(F)F)c(-c2ccccc2)oc2c(Br)cc(Cl)cc12. The third-order valence-electron chi connectivity index (χ3n) is 3.38. The quantitative estimate of drug-likeness (QED) is 0.383. The number of benzene rings is 2. The maximum Gasteiger partial charge on any atom is 0.534 e. The van der Waals surface area contributed by atoms with Crippen LogP contribution in [0.4, 0.5) is 13.2 Å². The standard InChI is InChI=1S/C16H7BrClF3O5S/c17-11-7-9(18)6-10-12(22)15(26-27(23,24)16(19,20)21)13(25-14(10)11)8-4-2-1-3-5-8/h1-7H. The summed E-state index contributed by atoms with van der Waals surface area (Å²) in [5.41, 5.74) is -6.73. The maximum atomic E-state index is 12.8. The number of fused-ring (bicyclic) bond motifs is 1. The number of rotatable bonds is 3. The number of hydrogen-bond acceptors (Lipinski definition) is 5. The van der Waals surface area contributed by atoms with Crippen LogP contribution in [0.3, 0.4) is 0 Å². The van der Waals surface area contributed by atoms with Crippen LogP contribution in [-0.2, 0) is 10.1 Å². The van der Waals surface area contributed by atoms with Crippen molar-refractivity contribution in [1.82, 2.24) is 0 Å². The van der Waals surface area contributed by atoms with Gasteiger partial charge in [0, 0.05) is 10.6 Å². The monoisotopic (exact) mass is 482 g/mol. The van der Waals surface area contributed by atoms with Gasteiger partial charge in [-0.05, 0) is 28.1 Å². The summed E-state index contributed by atoms with van der Waals surface area (Å²) in [5.74, 6) is -1.58. The zero-order valence-corrected chi connectivity index (χ0v) is 16.0. The highest BCUT2D eigenvalue weighted by Crippen LogP contribution is 2.37. The maximum absolute atomic E-state index is 12.8. The third-order valence-corrected chi connectivity index (χ3v) is 5.14. The van der Waals surface area contributed by atoms with Crippen LogP contribution in [0.2, 0.25) is 5.02 Å². The molecule has 3 rings (SSSR count). The molecule has 0 aliphatic carbocycles. The van der Waals surface area contributed by atoms with Gasteiger partial charge < -0.3 is 8.60 Å². The van der Waals surface area contributed by atoms with Crippen molar-refractivity contribution in [3.8, 4) is 17.1 Å². The smallest absolute Gasteiger partial charge is 0.451 e. The van der Waals surface area contributed by atoms with E-state index in [1.54, 1.807) is 6.07 Å². The van der Waals surface area contributed by atoms with E-state index in [2.05, 4.69) is 20.1 Å². The largest absolute Gasteiger partial charge is 0.534 e. The summed E-state index contributed by atoms with van der Waals surface area (Å²) in [5, 5.41) is -0.166. The fourth-order valence-corrected chi connectivity index (χ4v) is 3.58. The molecule has 0 atom stereocenters. The molecule has 2 aromatic carbocycles. The molecular formula is C16H7BrClF3O5S. The van der Waals surface area contributed by atoms with E-state index in [1.165, 1.54) is 30.3 Å². The van der Waals surface area contributed by atoms with Gasteiger partial charge in [0.25, 0.3) is 0 Å². The lowest BCUT2D eigenvalue weighted by Gasteiger charge is -2.13. The third kappa shape index (κ3) is 3.69. The summed E-state index contributed by atoms with van der Waals surface area (Å²) in [6, 6.07) is 10.0. The van der Waals surface area contributed by atoms with Gasteiger partial charge >= 0.3 is 15.6 Å². The molecular weight excluding hydrogens is 477 g/mol. The normalized spacial score (nSPS) is 12.3. The highest BCUT2D eigenvalue weighted by atomic mass is 79.9. The van der Waals surface area contributed by atoms with Crippen molar-refractivity contribution in [2.45, 2.75) is 5.51 Å². The van der Waals surface area contributed by atoms with Crippen LogP contribution in [-0.4, -0.2) is 13.9 Å². The Morgan fingerprint density at radius 3 is 2.33 bits per heavy atom. The first kappa shape index (κ1) is 19.7. The van der Waals surface area contributed by atoms with Crippen LogP contribution in [0.15, 0.2) is 56.1 Å². The van der Waals surface area contributed by atoms with Crippen molar-refractivity contribution in [2.75, 3.05) is 0 Å². The van der Waals surface area contributed by atoms with Gasteiger partial charge in [-0.1, -0.05) is 41.9 Å². The predicted octanol–water partition coefficient (Wildman–Crippen LogP) is 5.10. The summed E-state index contributed by atoms with van der Waals surface area (Å²) in [7, 11) is -6.10. The molecule has 27 heavy (non-hydrogen) atoms. The first-order chi connectivity index (χ1) is 12.5. The number of alkyl halides is 3. The van der Waals surface area contributed by atoms with Gasteiger partial charge in [-0.3, -0.25) is 4.79 Å². The molecule has 142 valence electrons. The second-order valence-electron chi connectivity index (χ2n) is 5.20. The highest BCUT2D eigenvalue weighted by Gasteiger charge is 2.49. The molecule has 0 spiro atoms. The van der Waals surface area contributed by atoms with E-state index in [9.17, 15) is 26.4 Å². The van der Waals surface area contributed by atoms with Crippen molar-refractivity contribution in [3.63, 3.8) is 0 Å². The average molecular weight is 484 g/mol. The summed E-state index contributed by atoms with van der Waals surface area (Å²) in [6.45, 7) is 0. The summed E-state index contributed by atoms with van der Waals surface area (Å²) >= 11 is 9.01. The van der Waals surface area contributed by atoms with Crippen LogP contribution in [0.5, 0.6) is 5.75 Å². The highest BCUT2D eigenvalue weighted by molar-refractivity contribution is 9.10. The minimum Gasteiger partial charge on any atom is -0.451 e. The van der Waals surface area contributed by atoms with E-state index in [4.69, 9.17) is 16.0 Å². The zero-order chi connectivity index (χ0) is 20.0. The Hall–Kier alpha value is -2.04. The summed E-state index contributed by atoms with van der Waals surface area (Å²) < 4.78 is 71.1. The summed E-state index contributed by atoms with van der Waals surface area (Å²) in [4.78, 5) is 12.7. The lowest BCUT2D eigenvalue weighted by molar-refractivity contribution is -0.0500. The molecule has 0 unspecified atom stereocenters. The van der Waals surface area contributed by atoms with Gasteiger partial charge in [0.2, 0.25) is 11.2 Å². The Balaban J connectivity index is 2.40. The molecule has 0 aliphatic heterocycles. The van der Waals surface area contributed by atoms with Crippen molar-refractivity contribution >= 4 is 48.6 Å². The minimum absolute atomic E-state index is 0.0278. The van der Waals surface area contributed by atoms with E-state index >= 15 is 0 Å². The topological polar surface area (TPSA) is 73.6 Å².